The molecule has 0 heteroatoms. The Morgan fingerprint density at radius 2 is 0.810 bits per heavy atom. The SMILES string of the molecule is [2H]c1cc2c(-c3c([2H])c4c([2H])c([2H])c([2H])c([2H])c4c4c([2H])c([2H])c([2H])c([2H])c34)c3c([2H])c([2H])c([2H])c([2H])c3c(-c3c([2H])c([2H])c4c(c3[2H])c([2H])c([2H])c3c([2H])c([2H])c([2H])c([2H])c34)c2c([2H])c1[2H]. The molecule has 9 aromatic carbocycles. The van der Waals surface area contributed by atoms with Crippen LogP contribution in [-0.2, 0) is 0 Å². The molecule has 0 aliphatic carbocycles. The van der Waals surface area contributed by atoms with Crippen LogP contribution in [0.15, 0.2) is 157 Å². The standard InChI is InChI=1S/C42H26/c1-3-13-31-27(11-1)21-22-29-25-30(23-24-33(29)31)41-36-17-7-9-19-38(36)42(39-20-10-8-18-37(39)41)40-26-28-12-2-4-14-32(28)34-15-5-6-16-35(34)40/h1-26H/i1D,2D,3D,4D,5D,6D,7D,8D,9D,10D,11D,12D,13D,14D,15D,16D,17D,18D,19D,21D,22D,23D,24D,25D,26D. The highest BCUT2D eigenvalue weighted by Crippen LogP contribution is 2.46. The number of benzene rings is 9. The first kappa shape index (κ1) is 9.54. The highest BCUT2D eigenvalue weighted by atomic mass is 14.2. The van der Waals surface area contributed by atoms with E-state index in [0.717, 1.165) is 6.07 Å². The van der Waals surface area contributed by atoms with Gasteiger partial charge in [0.1, 0.15) is 0 Å². The number of fused-ring (bicyclic) bond motifs is 8. The van der Waals surface area contributed by atoms with Gasteiger partial charge in [0, 0.05) is 0 Å². The molecule has 0 aliphatic rings. The van der Waals surface area contributed by atoms with E-state index in [-0.39, 0.29) is 0 Å². The Morgan fingerprint density at radius 3 is 1.60 bits per heavy atom. The quantitative estimate of drug-likeness (QED) is 0.147. The minimum Gasteiger partial charge on any atom is -0.0616 e. The van der Waals surface area contributed by atoms with Gasteiger partial charge in [0.2, 0.25) is 0 Å². The molecule has 0 fully saturated rings. The molecule has 0 unspecified atom stereocenters. The van der Waals surface area contributed by atoms with Gasteiger partial charge in [0.15, 0.2) is 0 Å². The van der Waals surface area contributed by atoms with Crippen molar-refractivity contribution < 1.29 is 34.3 Å². The van der Waals surface area contributed by atoms with Crippen molar-refractivity contribution in [1.29, 1.82) is 0 Å². The van der Waals surface area contributed by atoms with Gasteiger partial charge in [-0.3, -0.25) is 0 Å². The van der Waals surface area contributed by atoms with Gasteiger partial charge in [-0.1, -0.05) is 145 Å². The lowest BCUT2D eigenvalue weighted by Crippen LogP contribution is -1.92. The molecule has 194 valence electrons. The largest absolute Gasteiger partial charge is 0.0636 e. The molecule has 42 heavy (non-hydrogen) atoms. The Balaban J connectivity index is 1.67. The predicted molar refractivity (Wildman–Crippen MR) is 182 cm³/mol. The molecule has 0 atom stereocenters. The molecule has 0 nitrogen and oxygen atoms in total. The average Bonchev–Trinajstić information content (AvgIpc) is 3.29. The third kappa shape index (κ3) is 3.36. The highest BCUT2D eigenvalue weighted by molar-refractivity contribution is 6.26. The molecule has 0 heterocycles. The number of hydrogen-bond acceptors (Lipinski definition) is 0. The molecule has 0 aromatic heterocycles. The van der Waals surface area contributed by atoms with E-state index in [2.05, 4.69) is 0 Å². The summed E-state index contributed by atoms with van der Waals surface area (Å²) in [5.74, 6) is 0. The minimum absolute atomic E-state index is 0.439. The van der Waals surface area contributed by atoms with Gasteiger partial charge < -0.3 is 0 Å². The number of rotatable bonds is 2. The first-order valence-corrected chi connectivity index (χ1v) is 12.6. The van der Waals surface area contributed by atoms with E-state index >= 15 is 0 Å². The molecular formula is C42H26. The van der Waals surface area contributed by atoms with Crippen molar-refractivity contribution in [2.24, 2.45) is 0 Å². The van der Waals surface area contributed by atoms with Crippen LogP contribution < -0.4 is 0 Å². The van der Waals surface area contributed by atoms with Crippen molar-refractivity contribution in [2.45, 2.75) is 0 Å². The smallest absolute Gasteiger partial charge is 0.0616 e. The molecule has 0 spiro atoms. The summed E-state index contributed by atoms with van der Waals surface area (Å²) in [6, 6.07) is -20.0. The highest BCUT2D eigenvalue weighted by Gasteiger charge is 2.19. The molecule has 0 saturated heterocycles. The predicted octanol–water partition coefficient (Wildman–Crippen LogP) is 11.9. The van der Waals surface area contributed by atoms with E-state index in [0.29, 0.717) is 0 Å². The first-order valence-electron chi connectivity index (χ1n) is 25.1. The Labute approximate surface area is 279 Å². The molecule has 9 rings (SSSR count). The Hall–Kier alpha value is -5.46. The van der Waals surface area contributed by atoms with E-state index < -0.39 is 238 Å². The van der Waals surface area contributed by atoms with Crippen molar-refractivity contribution in [3.05, 3.63) is 157 Å². The fourth-order valence-electron chi connectivity index (χ4n) is 5.39. The average molecular weight is 556 g/mol. The second-order valence-electron chi connectivity index (χ2n) is 9.33. The summed E-state index contributed by atoms with van der Waals surface area (Å²) in [6.07, 6.45) is 0. The van der Waals surface area contributed by atoms with Gasteiger partial charge in [0.05, 0.1) is 34.3 Å². The summed E-state index contributed by atoms with van der Waals surface area (Å²) in [4.78, 5) is 0. The van der Waals surface area contributed by atoms with E-state index in [9.17, 15) is 11.0 Å². The van der Waals surface area contributed by atoms with Gasteiger partial charge in [-0.05, 0) is 99.0 Å². The van der Waals surface area contributed by atoms with Crippen LogP contribution in [0.4, 0.5) is 0 Å². The third-order valence-corrected chi connectivity index (χ3v) is 7.14. The Bertz CT molecular complexity index is 3910. The van der Waals surface area contributed by atoms with Crippen molar-refractivity contribution in [2.75, 3.05) is 0 Å². The summed E-state index contributed by atoms with van der Waals surface area (Å²) in [6.45, 7) is 0. The second-order valence-corrected chi connectivity index (χ2v) is 9.33. The van der Waals surface area contributed by atoms with Crippen LogP contribution in [0.1, 0.15) is 34.3 Å². The van der Waals surface area contributed by atoms with E-state index in [1.807, 2.05) is 0 Å². The van der Waals surface area contributed by atoms with Crippen molar-refractivity contribution in [1.82, 2.24) is 0 Å². The molecule has 0 radical (unpaired) electrons. The molecule has 0 bridgehead atoms. The van der Waals surface area contributed by atoms with Crippen molar-refractivity contribution >= 4 is 64.6 Å². The van der Waals surface area contributed by atoms with E-state index in [1.165, 1.54) is 0 Å². The maximum absolute atomic E-state index is 9.75. The Morgan fingerprint density at radius 1 is 0.310 bits per heavy atom. The zero-order chi connectivity index (χ0) is 49.4. The van der Waals surface area contributed by atoms with E-state index in [4.69, 9.17) is 23.3 Å². The minimum atomic E-state index is -0.939. The number of hydrogen-bond donors (Lipinski definition) is 0. The van der Waals surface area contributed by atoms with Crippen LogP contribution in [0.2, 0.25) is 0 Å². The molecule has 0 aliphatic heterocycles. The van der Waals surface area contributed by atoms with Gasteiger partial charge >= 0.3 is 0 Å². The molecule has 0 saturated carbocycles. The maximum Gasteiger partial charge on any atom is 0.0636 e. The monoisotopic (exact) mass is 555 g/mol. The van der Waals surface area contributed by atoms with Gasteiger partial charge in [0.25, 0.3) is 0 Å². The van der Waals surface area contributed by atoms with Crippen LogP contribution in [-0.4, -0.2) is 0 Å². The first-order chi connectivity index (χ1) is 31.3. The molecule has 9 aromatic rings. The topological polar surface area (TPSA) is 0 Å². The molecule has 0 N–H and O–H groups in total. The Kier molecular flexibility index (Phi) is 2.05. The van der Waals surface area contributed by atoms with Crippen LogP contribution in [0.25, 0.3) is 86.9 Å². The fourth-order valence-corrected chi connectivity index (χ4v) is 5.39. The van der Waals surface area contributed by atoms with Crippen LogP contribution in [0, 0.1) is 0 Å². The summed E-state index contributed by atoms with van der Waals surface area (Å²) in [7, 11) is 0. The van der Waals surface area contributed by atoms with Crippen LogP contribution in [0.5, 0.6) is 0 Å². The van der Waals surface area contributed by atoms with E-state index in [1.54, 1.807) is 0 Å². The summed E-state index contributed by atoms with van der Waals surface area (Å²) >= 11 is 0. The van der Waals surface area contributed by atoms with Gasteiger partial charge in [-0.2, -0.15) is 0 Å². The van der Waals surface area contributed by atoms with Crippen LogP contribution in [0.3, 0.4) is 0 Å². The zero-order valence-corrected chi connectivity index (χ0v) is 21.1. The lowest BCUT2D eigenvalue weighted by molar-refractivity contribution is 1.69. The van der Waals surface area contributed by atoms with Crippen molar-refractivity contribution in [3.8, 4) is 22.3 Å². The molecule has 0 amide bonds. The van der Waals surface area contributed by atoms with Crippen LogP contribution >= 0.6 is 0 Å². The summed E-state index contributed by atoms with van der Waals surface area (Å²) < 4.78 is 224. The summed E-state index contributed by atoms with van der Waals surface area (Å²) in [5.41, 5.74) is -2.45. The zero-order valence-electron chi connectivity index (χ0n) is 46.1. The second kappa shape index (κ2) is 9.03. The van der Waals surface area contributed by atoms with Crippen molar-refractivity contribution in [3.63, 3.8) is 0 Å². The van der Waals surface area contributed by atoms with Gasteiger partial charge in [-0.25, -0.2) is 0 Å². The normalized spacial score (nSPS) is 20.1. The summed E-state index contributed by atoms with van der Waals surface area (Å²) in [5, 5.41) is -6.45. The fraction of sp³-hybridized carbons (Fsp3) is 0. The third-order valence-electron chi connectivity index (χ3n) is 7.14. The van der Waals surface area contributed by atoms with Gasteiger partial charge in [-0.15, -0.1) is 0 Å². The lowest BCUT2D eigenvalue weighted by Gasteiger charge is -2.20. The molecular weight excluding hydrogens is 504 g/mol. The lowest BCUT2D eigenvalue weighted by atomic mass is 9.83. The maximum atomic E-state index is 9.75.